The molecule has 176 valence electrons. The van der Waals surface area contributed by atoms with E-state index >= 15 is 0 Å². The van der Waals surface area contributed by atoms with Crippen molar-refractivity contribution in [2.24, 2.45) is 5.73 Å². The number of amidine groups is 1. The van der Waals surface area contributed by atoms with Gasteiger partial charge in [0.15, 0.2) is 17.7 Å². The number of rotatable bonds is 12. The van der Waals surface area contributed by atoms with Crippen molar-refractivity contribution in [2.75, 3.05) is 26.4 Å². The molecule has 0 fully saturated rings. The Balaban J connectivity index is 0.00000512. The molecule has 0 heterocycles. The van der Waals surface area contributed by atoms with E-state index in [9.17, 15) is 13.6 Å². The van der Waals surface area contributed by atoms with Crippen molar-refractivity contribution >= 4 is 24.1 Å². The summed E-state index contributed by atoms with van der Waals surface area (Å²) in [6.45, 7) is 4.44. The summed E-state index contributed by atoms with van der Waals surface area (Å²) in [5.41, 5.74) is 6.18. The quantitative estimate of drug-likeness (QED) is 0.249. The van der Waals surface area contributed by atoms with Crippen LogP contribution in [-0.4, -0.2) is 38.2 Å². The molecule has 0 aliphatic heterocycles. The van der Waals surface area contributed by atoms with Crippen molar-refractivity contribution < 1.29 is 27.8 Å². The van der Waals surface area contributed by atoms with Crippen LogP contribution in [0.15, 0.2) is 36.4 Å². The van der Waals surface area contributed by atoms with Crippen LogP contribution >= 0.6 is 12.4 Å². The van der Waals surface area contributed by atoms with Crippen LogP contribution in [0.1, 0.15) is 36.6 Å². The summed E-state index contributed by atoms with van der Waals surface area (Å²) in [7, 11) is 0. The van der Waals surface area contributed by atoms with E-state index in [1.54, 1.807) is 31.2 Å². The summed E-state index contributed by atoms with van der Waals surface area (Å²) >= 11 is 0. The van der Waals surface area contributed by atoms with E-state index in [1.807, 2.05) is 6.92 Å². The third-order valence-electron chi connectivity index (χ3n) is 4.35. The number of carbonyl (C=O) groups excluding carboxylic acids is 1. The Hall–Kier alpha value is -2.75. The average Bonchev–Trinajstić information content (AvgIpc) is 2.76. The normalized spacial score (nSPS) is 11.4. The van der Waals surface area contributed by atoms with Gasteiger partial charge in [-0.1, -0.05) is 24.3 Å². The average molecular weight is 472 g/mol. The zero-order valence-corrected chi connectivity index (χ0v) is 18.8. The Morgan fingerprint density at radius 1 is 1.09 bits per heavy atom. The predicted octanol–water partition coefficient (Wildman–Crippen LogP) is 3.48. The van der Waals surface area contributed by atoms with Gasteiger partial charge in [0.05, 0.1) is 12.2 Å². The Bertz CT molecular complexity index is 897. The fraction of sp³-hybridized carbons (Fsp3) is 0.364. The maximum Gasteiger partial charge on any atom is 0.254 e. The van der Waals surface area contributed by atoms with Crippen LogP contribution in [0.5, 0.6) is 5.75 Å². The van der Waals surface area contributed by atoms with Crippen LogP contribution in [-0.2, 0) is 20.8 Å². The molecular formula is C22H28ClF2N3O4. The third-order valence-corrected chi connectivity index (χ3v) is 4.35. The van der Waals surface area contributed by atoms with Gasteiger partial charge in [-0.05, 0) is 31.5 Å². The Kier molecular flexibility index (Phi) is 11.6. The second-order valence-corrected chi connectivity index (χ2v) is 6.48. The summed E-state index contributed by atoms with van der Waals surface area (Å²) in [4.78, 5) is 12.7. The van der Waals surface area contributed by atoms with Gasteiger partial charge in [-0.15, -0.1) is 12.4 Å². The van der Waals surface area contributed by atoms with E-state index in [0.29, 0.717) is 12.2 Å². The molecule has 0 saturated heterocycles. The lowest BCUT2D eigenvalue weighted by molar-refractivity contribution is -0.133. The van der Waals surface area contributed by atoms with E-state index < -0.39 is 29.2 Å². The van der Waals surface area contributed by atoms with Crippen LogP contribution in [0, 0.1) is 17.0 Å². The Morgan fingerprint density at radius 2 is 1.78 bits per heavy atom. The van der Waals surface area contributed by atoms with Gasteiger partial charge in [0.25, 0.3) is 5.91 Å². The summed E-state index contributed by atoms with van der Waals surface area (Å²) in [5.74, 6) is -2.85. The topological polar surface area (TPSA) is 107 Å². The van der Waals surface area contributed by atoms with Gasteiger partial charge in [0, 0.05) is 25.3 Å². The number of hydrogen-bond donors (Lipinski definition) is 3. The number of carbonyl (C=O) groups is 1. The van der Waals surface area contributed by atoms with Crippen molar-refractivity contribution in [1.29, 1.82) is 5.41 Å². The van der Waals surface area contributed by atoms with Gasteiger partial charge in [0.1, 0.15) is 18.3 Å². The number of nitrogens with two attached hydrogens (primary N) is 1. The minimum absolute atomic E-state index is 0. The van der Waals surface area contributed by atoms with E-state index in [1.165, 1.54) is 0 Å². The fourth-order valence-electron chi connectivity index (χ4n) is 2.80. The van der Waals surface area contributed by atoms with Gasteiger partial charge in [-0.25, -0.2) is 8.78 Å². The molecule has 2 aromatic rings. The maximum atomic E-state index is 15.0. The van der Waals surface area contributed by atoms with Gasteiger partial charge in [-0.2, -0.15) is 0 Å². The van der Waals surface area contributed by atoms with Crippen molar-refractivity contribution in [2.45, 2.75) is 26.5 Å². The van der Waals surface area contributed by atoms with Crippen LogP contribution in [0.25, 0.3) is 0 Å². The monoisotopic (exact) mass is 471 g/mol. The van der Waals surface area contributed by atoms with Crippen LogP contribution in [0.2, 0.25) is 0 Å². The fourth-order valence-corrected chi connectivity index (χ4v) is 2.80. The first-order chi connectivity index (χ1) is 14.9. The number of ether oxygens (including phenoxy) is 3. The van der Waals surface area contributed by atoms with Gasteiger partial charge in [0.2, 0.25) is 0 Å². The molecule has 0 bridgehead atoms. The van der Waals surface area contributed by atoms with Crippen molar-refractivity contribution in [3.8, 4) is 5.75 Å². The highest BCUT2D eigenvalue weighted by atomic mass is 35.5. The molecule has 0 aromatic heterocycles. The summed E-state index contributed by atoms with van der Waals surface area (Å²) in [6.07, 6.45) is -1.49. The van der Waals surface area contributed by atoms with E-state index in [-0.39, 0.29) is 50.4 Å². The zero-order chi connectivity index (χ0) is 22.8. The molecule has 1 amide bonds. The van der Waals surface area contributed by atoms with Crippen LogP contribution < -0.4 is 15.8 Å². The summed E-state index contributed by atoms with van der Waals surface area (Å²) in [6, 6.07) is 8.88. The molecule has 1 atom stereocenters. The molecule has 0 radical (unpaired) electrons. The van der Waals surface area contributed by atoms with Crippen LogP contribution in [0.4, 0.5) is 8.78 Å². The lowest BCUT2D eigenvalue weighted by atomic mass is 10.1. The number of amides is 1. The Morgan fingerprint density at radius 3 is 2.38 bits per heavy atom. The lowest BCUT2D eigenvalue weighted by Gasteiger charge is -2.20. The molecule has 0 saturated carbocycles. The third kappa shape index (κ3) is 7.44. The molecule has 10 heteroatoms. The Labute approximate surface area is 192 Å². The number of hydrogen-bond acceptors (Lipinski definition) is 5. The second kappa shape index (κ2) is 13.6. The minimum atomic E-state index is -1.49. The molecule has 7 nitrogen and oxygen atoms in total. The van der Waals surface area contributed by atoms with Gasteiger partial charge < -0.3 is 25.3 Å². The standard InChI is InChI=1S/C22H27F2N3O4.ClH/c1-3-29-11-12-31-17-10-9-16(23)18(19(17)24)20(30-4-2)22(28)27-13-14-5-7-15(8-6-14)21(25)26;/h5-10,20H,3-4,11-13H2,1-2H3,(H3,25,26)(H,27,28);1H. The van der Waals surface area contributed by atoms with E-state index in [2.05, 4.69) is 5.32 Å². The molecule has 4 N–H and O–H groups in total. The molecule has 2 rings (SSSR count). The number of nitrogens with one attached hydrogen (secondary N) is 2. The molecule has 0 spiro atoms. The molecule has 0 aliphatic rings. The number of benzene rings is 2. The van der Waals surface area contributed by atoms with E-state index in [4.69, 9.17) is 25.4 Å². The first-order valence-electron chi connectivity index (χ1n) is 9.90. The highest BCUT2D eigenvalue weighted by molar-refractivity contribution is 5.94. The highest BCUT2D eigenvalue weighted by Gasteiger charge is 2.29. The molecular weight excluding hydrogens is 444 g/mol. The first-order valence-corrected chi connectivity index (χ1v) is 9.90. The summed E-state index contributed by atoms with van der Waals surface area (Å²) in [5, 5.41) is 10.0. The molecule has 1 unspecified atom stereocenters. The first kappa shape index (κ1) is 27.3. The molecule has 0 aliphatic carbocycles. The predicted molar refractivity (Wildman–Crippen MR) is 119 cm³/mol. The van der Waals surface area contributed by atoms with Gasteiger partial charge in [-0.3, -0.25) is 10.2 Å². The van der Waals surface area contributed by atoms with Crippen LogP contribution in [0.3, 0.4) is 0 Å². The summed E-state index contributed by atoms with van der Waals surface area (Å²) < 4.78 is 45.3. The van der Waals surface area contributed by atoms with Gasteiger partial charge >= 0.3 is 0 Å². The highest BCUT2D eigenvalue weighted by Crippen LogP contribution is 2.30. The van der Waals surface area contributed by atoms with Crippen molar-refractivity contribution in [1.82, 2.24) is 5.32 Å². The maximum absolute atomic E-state index is 15.0. The zero-order valence-electron chi connectivity index (χ0n) is 18.0. The van der Waals surface area contributed by atoms with Crippen molar-refractivity contribution in [3.63, 3.8) is 0 Å². The van der Waals surface area contributed by atoms with Crippen molar-refractivity contribution in [3.05, 3.63) is 64.7 Å². The number of nitrogen functional groups attached to an aromatic ring is 1. The van der Waals surface area contributed by atoms with E-state index in [0.717, 1.165) is 17.7 Å². The SMILES string of the molecule is CCOCCOc1ccc(F)c(C(OCC)C(=O)NCc2ccc(C(=N)N)cc2)c1F.Cl. The largest absolute Gasteiger partial charge is 0.488 e. The smallest absolute Gasteiger partial charge is 0.254 e. The molecule has 2 aromatic carbocycles. The second-order valence-electron chi connectivity index (χ2n) is 6.48. The lowest BCUT2D eigenvalue weighted by Crippen LogP contribution is -2.32. The number of halogens is 3. The molecule has 32 heavy (non-hydrogen) atoms. The minimum Gasteiger partial charge on any atom is -0.488 e.